The molecule has 0 unspecified atom stereocenters. The van der Waals surface area contributed by atoms with E-state index in [0.717, 1.165) is 34.5 Å². The van der Waals surface area contributed by atoms with E-state index in [1.54, 1.807) is 36.4 Å². The molecule has 0 spiro atoms. The summed E-state index contributed by atoms with van der Waals surface area (Å²) in [7, 11) is -3.71. The second kappa shape index (κ2) is 10.4. The van der Waals surface area contributed by atoms with Gasteiger partial charge in [0.1, 0.15) is 6.04 Å². The lowest BCUT2D eigenvalue weighted by Crippen LogP contribution is -2.45. The normalized spacial score (nSPS) is 12.2. The molecule has 0 saturated heterocycles. The summed E-state index contributed by atoms with van der Waals surface area (Å²) in [5, 5.41) is 2.71. The average molecular weight is 447 g/mol. The van der Waals surface area contributed by atoms with E-state index < -0.39 is 27.9 Å². The molecule has 2 aromatic rings. The minimum atomic E-state index is -3.71. The summed E-state index contributed by atoms with van der Waals surface area (Å²) < 4.78 is 31.2. The third-order valence-corrected chi connectivity index (χ3v) is 5.91. The van der Waals surface area contributed by atoms with Crippen LogP contribution in [0.25, 0.3) is 0 Å². The van der Waals surface area contributed by atoms with Gasteiger partial charge >= 0.3 is 5.97 Å². The van der Waals surface area contributed by atoms with Gasteiger partial charge in [-0.15, -0.1) is 0 Å². The highest BCUT2D eigenvalue weighted by atomic mass is 32.2. The van der Waals surface area contributed by atoms with Crippen LogP contribution in [0.4, 0.5) is 11.4 Å². The van der Waals surface area contributed by atoms with Gasteiger partial charge in [0.2, 0.25) is 15.9 Å². The van der Waals surface area contributed by atoms with Crippen molar-refractivity contribution in [3.63, 3.8) is 0 Å². The molecule has 0 aromatic heterocycles. The molecule has 0 bridgehead atoms. The van der Waals surface area contributed by atoms with Crippen molar-refractivity contribution >= 4 is 33.3 Å². The van der Waals surface area contributed by atoms with Crippen LogP contribution in [0.15, 0.2) is 42.5 Å². The maximum Gasteiger partial charge on any atom is 0.338 e. The topological polar surface area (TPSA) is 92.8 Å². The number of aryl methyl sites for hydroxylation is 2. The zero-order chi connectivity index (χ0) is 23.2. The molecule has 31 heavy (non-hydrogen) atoms. The number of carbonyl (C=O) groups is 2. The molecule has 0 aliphatic heterocycles. The molecule has 8 heteroatoms. The third kappa shape index (κ3) is 6.82. The molecule has 7 nitrogen and oxygen atoms in total. The summed E-state index contributed by atoms with van der Waals surface area (Å²) in [6.45, 7) is 7.66. The van der Waals surface area contributed by atoms with Crippen molar-refractivity contribution in [2.75, 3.05) is 22.5 Å². The number of nitrogens with one attached hydrogen (secondary N) is 1. The summed E-state index contributed by atoms with van der Waals surface area (Å²) in [6.07, 6.45) is 2.81. The summed E-state index contributed by atoms with van der Waals surface area (Å²) in [5.41, 5.74) is 3.08. The van der Waals surface area contributed by atoms with E-state index in [9.17, 15) is 18.0 Å². The Kier molecular flexibility index (Phi) is 8.21. The Hall–Kier alpha value is -2.87. The van der Waals surface area contributed by atoms with Crippen LogP contribution in [0.5, 0.6) is 0 Å². The lowest BCUT2D eigenvalue weighted by molar-refractivity contribution is -0.116. The van der Waals surface area contributed by atoms with Gasteiger partial charge in [0, 0.05) is 5.69 Å². The van der Waals surface area contributed by atoms with Crippen molar-refractivity contribution in [2.45, 2.75) is 46.6 Å². The maximum absolute atomic E-state index is 12.8. The fourth-order valence-corrected chi connectivity index (χ4v) is 4.37. The zero-order valence-corrected chi connectivity index (χ0v) is 19.5. The molecule has 0 fully saturated rings. The molecule has 0 saturated carbocycles. The van der Waals surface area contributed by atoms with Crippen molar-refractivity contribution in [1.29, 1.82) is 0 Å². The van der Waals surface area contributed by atoms with E-state index in [1.165, 1.54) is 6.92 Å². The maximum atomic E-state index is 12.8. The van der Waals surface area contributed by atoms with Gasteiger partial charge in [0.15, 0.2) is 0 Å². The first-order valence-electron chi connectivity index (χ1n) is 10.2. The van der Waals surface area contributed by atoms with E-state index in [4.69, 9.17) is 4.74 Å². The van der Waals surface area contributed by atoms with E-state index in [-0.39, 0.29) is 0 Å². The van der Waals surface area contributed by atoms with Crippen LogP contribution in [0.3, 0.4) is 0 Å². The number of rotatable bonds is 9. The number of amides is 1. The Balaban J connectivity index is 2.16. The fraction of sp³-hybridized carbons (Fsp3) is 0.391. The highest BCUT2D eigenvalue weighted by molar-refractivity contribution is 7.92. The number of esters is 1. The first-order chi connectivity index (χ1) is 14.5. The van der Waals surface area contributed by atoms with Gasteiger partial charge in [0.05, 0.1) is 24.1 Å². The Labute approximate surface area is 184 Å². The smallest absolute Gasteiger partial charge is 0.338 e. The standard InChI is InChI=1S/C23H30N2O5S/c1-6-7-12-30-23(27)19-8-10-20(11-9-19)24-22(26)18(4)25(31(5,28)29)21-14-16(2)13-17(3)15-21/h8-11,13-15,18H,6-7,12H2,1-5H3,(H,24,26)/t18-/m0/s1. The third-order valence-electron chi connectivity index (χ3n) is 4.67. The lowest BCUT2D eigenvalue weighted by Gasteiger charge is -2.28. The minimum absolute atomic E-state index is 0.366. The summed E-state index contributed by atoms with van der Waals surface area (Å²) >= 11 is 0. The van der Waals surface area contributed by atoms with E-state index in [0.29, 0.717) is 23.5 Å². The van der Waals surface area contributed by atoms with Crippen LogP contribution < -0.4 is 9.62 Å². The SMILES string of the molecule is CCCCOC(=O)c1ccc(NC(=O)[C@H](C)N(c2cc(C)cc(C)c2)S(C)(=O)=O)cc1. The highest BCUT2D eigenvalue weighted by Crippen LogP contribution is 2.24. The number of carbonyl (C=O) groups excluding carboxylic acids is 2. The van der Waals surface area contributed by atoms with E-state index in [2.05, 4.69) is 5.32 Å². The molecule has 168 valence electrons. The van der Waals surface area contributed by atoms with Gasteiger partial charge in [-0.2, -0.15) is 0 Å². The number of hydrogen-bond acceptors (Lipinski definition) is 5. The quantitative estimate of drug-likeness (QED) is 0.463. The number of hydrogen-bond donors (Lipinski definition) is 1. The predicted molar refractivity (Wildman–Crippen MR) is 123 cm³/mol. The molecule has 0 aliphatic rings. The lowest BCUT2D eigenvalue weighted by atomic mass is 10.1. The van der Waals surface area contributed by atoms with Crippen molar-refractivity contribution < 1.29 is 22.7 Å². The molecule has 1 atom stereocenters. The fourth-order valence-electron chi connectivity index (χ4n) is 3.22. The van der Waals surface area contributed by atoms with Crippen LogP contribution in [-0.4, -0.2) is 39.2 Å². The van der Waals surface area contributed by atoms with Gasteiger partial charge in [-0.3, -0.25) is 9.10 Å². The first-order valence-corrected chi connectivity index (χ1v) is 12.0. The Morgan fingerprint density at radius 3 is 2.16 bits per heavy atom. The molecule has 2 aromatic carbocycles. The molecule has 1 amide bonds. The Bertz CT molecular complexity index is 1010. The molecular formula is C23H30N2O5S. The van der Waals surface area contributed by atoms with Crippen molar-refractivity contribution in [1.82, 2.24) is 0 Å². The number of ether oxygens (including phenoxy) is 1. The van der Waals surface area contributed by atoms with Gasteiger partial charge in [0.25, 0.3) is 0 Å². The zero-order valence-electron chi connectivity index (χ0n) is 18.6. The summed E-state index contributed by atoms with van der Waals surface area (Å²) in [6, 6.07) is 10.7. The van der Waals surface area contributed by atoms with Crippen molar-refractivity contribution in [2.24, 2.45) is 0 Å². The van der Waals surface area contributed by atoms with E-state index >= 15 is 0 Å². The Morgan fingerprint density at radius 2 is 1.65 bits per heavy atom. The van der Waals surface area contributed by atoms with Crippen molar-refractivity contribution in [3.8, 4) is 0 Å². The largest absolute Gasteiger partial charge is 0.462 e. The van der Waals surface area contributed by atoms with Crippen LogP contribution in [0, 0.1) is 13.8 Å². The predicted octanol–water partition coefficient (Wildman–Crippen LogP) is 4.05. The molecule has 2 rings (SSSR count). The number of anilines is 2. The van der Waals surface area contributed by atoms with Gasteiger partial charge in [-0.05, 0) is 74.7 Å². The molecule has 0 radical (unpaired) electrons. The first kappa shape index (κ1) is 24.4. The Morgan fingerprint density at radius 1 is 1.06 bits per heavy atom. The van der Waals surface area contributed by atoms with Crippen LogP contribution in [0.1, 0.15) is 48.2 Å². The van der Waals surface area contributed by atoms with Crippen LogP contribution in [-0.2, 0) is 19.6 Å². The second-order valence-corrected chi connectivity index (χ2v) is 9.50. The summed E-state index contributed by atoms with van der Waals surface area (Å²) in [4.78, 5) is 24.8. The monoisotopic (exact) mass is 446 g/mol. The number of nitrogens with zero attached hydrogens (tertiary/aromatic N) is 1. The van der Waals surface area contributed by atoms with Crippen LogP contribution in [0.2, 0.25) is 0 Å². The molecule has 0 heterocycles. The average Bonchev–Trinajstić information content (AvgIpc) is 2.66. The van der Waals surface area contributed by atoms with E-state index in [1.807, 2.05) is 26.8 Å². The summed E-state index contributed by atoms with van der Waals surface area (Å²) in [5.74, 6) is -0.902. The molecular weight excluding hydrogens is 416 g/mol. The van der Waals surface area contributed by atoms with Crippen molar-refractivity contribution in [3.05, 3.63) is 59.2 Å². The number of benzene rings is 2. The molecule has 0 aliphatic carbocycles. The van der Waals surface area contributed by atoms with Gasteiger partial charge in [-0.1, -0.05) is 19.4 Å². The van der Waals surface area contributed by atoms with Gasteiger partial charge in [-0.25, -0.2) is 13.2 Å². The number of sulfonamides is 1. The van der Waals surface area contributed by atoms with Gasteiger partial charge < -0.3 is 10.1 Å². The second-order valence-electron chi connectivity index (χ2n) is 7.64. The van der Waals surface area contributed by atoms with Crippen LogP contribution >= 0.6 is 0 Å². The highest BCUT2D eigenvalue weighted by Gasteiger charge is 2.29. The minimum Gasteiger partial charge on any atom is -0.462 e. The number of unbranched alkanes of at least 4 members (excludes halogenated alkanes) is 1. The molecule has 1 N–H and O–H groups in total.